The Morgan fingerprint density at radius 1 is 1.16 bits per heavy atom. The molecule has 2 aromatic carbocycles. The molecule has 4 nitrogen and oxygen atoms in total. The van der Waals surface area contributed by atoms with E-state index in [1.165, 1.54) is 6.07 Å². The van der Waals surface area contributed by atoms with Crippen molar-refractivity contribution in [1.29, 1.82) is 0 Å². The number of rotatable bonds is 1. The smallest absolute Gasteiger partial charge is 0.294 e. The summed E-state index contributed by atoms with van der Waals surface area (Å²) >= 11 is 1.77. The third-order valence-electron chi connectivity index (χ3n) is 4.33. The van der Waals surface area contributed by atoms with E-state index in [0.29, 0.717) is 22.8 Å². The van der Waals surface area contributed by atoms with Crippen LogP contribution in [0.5, 0.6) is 0 Å². The van der Waals surface area contributed by atoms with Crippen LogP contribution in [-0.4, -0.2) is 17.7 Å². The summed E-state index contributed by atoms with van der Waals surface area (Å²) in [6, 6.07) is 16.2. The maximum Gasteiger partial charge on any atom is 0.294 e. The van der Waals surface area contributed by atoms with E-state index >= 15 is 0 Å². The molecule has 0 spiro atoms. The first-order valence-corrected chi connectivity index (χ1v) is 9.12. The molecule has 1 unspecified atom stereocenters. The molecule has 0 N–H and O–H groups in total. The zero-order valence-corrected chi connectivity index (χ0v) is 14.6. The number of para-hydroxylation sites is 2. The van der Waals surface area contributed by atoms with Crippen molar-refractivity contribution >= 4 is 34.3 Å². The molecule has 0 bridgehead atoms. The van der Waals surface area contributed by atoms with Crippen molar-refractivity contribution in [2.45, 2.75) is 23.5 Å². The molecule has 0 saturated carbocycles. The van der Waals surface area contributed by atoms with E-state index in [1.54, 1.807) is 40.9 Å². The van der Waals surface area contributed by atoms with Gasteiger partial charge in [0, 0.05) is 22.8 Å². The maximum absolute atomic E-state index is 13.1. The van der Waals surface area contributed by atoms with E-state index in [1.807, 2.05) is 24.3 Å². The van der Waals surface area contributed by atoms with Crippen LogP contribution in [0.3, 0.4) is 0 Å². The van der Waals surface area contributed by atoms with Crippen LogP contribution in [-0.2, 0) is 0 Å². The lowest BCUT2D eigenvalue weighted by Crippen LogP contribution is -2.32. The number of anilines is 1. The molecule has 1 atom stereocenters. The lowest BCUT2D eigenvalue weighted by molar-refractivity contribution is 0.0960. The van der Waals surface area contributed by atoms with Gasteiger partial charge in [0.2, 0.25) is 0 Å². The number of hydrogen-bond acceptors (Lipinski definition) is 4. The van der Waals surface area contributed by atoms with Gasteiger partial charge in [0.15, 0.2) is 11.2 Å². The topological polar surface area (TPSA) is 50.5 Å². The van der Waals surface area contributed by atoms with Gasteiger partial charge in [0.1, 0.15) is 5.58 Å². The van der Waals surface area contributed by atoms with Crippen LogP contribution in [0.15, 0.2) is 68.7 Å². The Kier molecular flexibility index (Phi) is 4.09. The molecule has 1 aromatic heterocycles. The molecule has 0 aliphatic carbocycles. The number of nitrogens with zero attached hydrogens (tertiary/aromatic N) is 1. The predicted octanol–water partition coefficient (Wildman–Crippen LogP) is 4.32. The van der Waals surface area contributed by atoms with Gasteiger partial charge < -0.3 is 9.32 Å². The van der Waals surface area contributed by atoms with E-state index in [2.05, 4.69) is 6.92 Å². The molecule has 1 amide bonds. The molecule has 126 valence electrons. The molecule has 3 aromatic rings. The van der Waals surface area contributed by atoms with E-state index in [-0.39, 0.29) is 17.1 Å². The molecule has 5 heteroatoms. The Morgan fingerprint density at radius 3 is 2.80 bits per heavy atom. The first-order chi connectivity index (χ1) is 12.1. The average Bonchev–Trinajstić information content (AvgIpc) is 2.79. The number of benzene rings is 2. The Bertz CT molecular complexity index is 1010. The van der Waals surface area contributed by atoms with Gasteiger partial charge in [-0.1, -0.05) is 31.2 Å². The van der Waals surface area contributed by atoms with Crippen molar-refractivity contribution in [2.75, 3.05) is 11.4 Å². The lowest BCUT2D eigenvalue weighted by Gasteiger charge is -2.21. The van der Waals surface area contributed by atoms with Crippen LogP contribution in [0.25, 0.3) is 11.0 Å². The van der Waals surface area contributed by atoms with Crippen LogP contribution in [0.4, 0.5) is 5.69 Å². The van der Waals surface area contributed by atoms with Gasteiger partial charge in [-0.2, -0.15) is 0 Å². The fourth-order valence-corrected chi connectivity index (χ4v) is 4.15. The van der Waals surface area contributed by atoms with Crippen molar-refractivity contribution in [3.63, 3.8) is 0 Å². The second kappa shape index (κ2) is 6.41. The first-order valence-electron chi connectivity index (χ1n) is 8.24. The molecule has 25 heavy (non-hydrogen) atoms. The molecule has 4 rings (SSSR count). The molecule has 0 saturated heterocycles. The summed E-state index contributed by atoms with van der Waals surface area (Å²) in [4.78, 5) is 28.2. The highest BCUT2D eigenvalue weighted by Gasteiger charge is 2.26. The summed E-state index contributed by atoms with van der Waals surface area (Å²) in [5.74, 6) is -0.192. The van der Waals surface area contributed by atoms with Gasteiger partial charge in [-0.15, -0.1) is 11.8 Å². The second-order valence-electron chi connectivity index (χ2n) is 6.11. The quantitative estimate of drug-likeness (QED) is 0.655. The Morgan fingerprint density at radius 2 is 1.92 bits per heavy atom. The largest absolute Gasteiger partial charge is 0.451 e. The minimum atomic E-state index is -0.273. The summed E-state index contributed by atoms with van der Waals surface area (Å²) in [6.45, 7) is 2.76. The molecule has 0 fully saturated rings. The van der Waals surface area contributed by atoms with Crippen LogP contribution in [0.1, 0.15) is 23.9 Å². The summed E-state index contributed by atoms with van der Waals surface area (Å²) < 4.78 is 5.74. The Labute approximate surface area is 149 Å². The highest BCUT2D eigenvalue weighted by atomic mass is 32.2. The van der Waals surface area contributed by atoms with Crippen LogP contribution >= 0.6 is 11.8 Å². The fraction of sp³-hybridized carbons (Fsp3) is 0.200. The number of hydrogen-bond donors (Lipinski definition) is 0. The number of carbonyl (C=O) groups excluding carboxylic acids is 1. The van der Waals surface area contributed by atoms with Gasteiger partial charge in [-0.3, -0.25) is 9.59 Å². The van der Waals surface area contributed by atoms with Crippen molar-refractivity contribution in [3.8, 4) is 0 Å². The van der Waals surface area contributed by atoms with Crippen molar-refractivity contribution in [3.05, 3.63) is 70.6 Å². The van der Waals surface area contributed by atoms with E-state index in [9.17, 15) is 9.59 Å². The first kappa shape index (κ1) is 16.0. The van der Waals surface area contributed by atoms with Gasteiger partial charge in [0.25, 0.3) is 5.91 Å². The predicted molar refractivity (Wildman–Crippen MR) is 101 cm³/mol. The minimum absolute atomic E-state index is 0.0815. The molecular formula is C20H17NO3S. The number of carbonyl (C=O) groups is 1. The van der Waals surface area contributed by atoms with Crippen molar-refractivity contribution in [2.24, 2.45) is 0 Å². The van der Waals surface area contributed by atoms with Gasteiger partial charge in [-0.25, -0.2) is 0 Å². The zero-order chi connectivity index (χ0) is 17.4. The average molecular weight is 351 g/mol. The third-order valence-corrected chi connectivity index (χ3v) is 5.57. The summed E-state index contributed by atoms with van der Waals surface area (Å²) in [6.07, 6.45) is 0.878. The molecule has 1 aliphatic rings. The minimum Gasteiger partial charge on any atom is -0.451 e. The normalized spacial score (nSPS) is 17.2. The molecule has 1 aliphatic heterocycles. The summed E-state index contributed by atoms with van der Waals surface area (Å²) in [5.41, 5.74) is 1.11. The van der Waals surface area contributed by atoms with E-state index in [4.69, 9.17) is 4.42 Å². The highest BCUT2D eigenvalue weighted by Crippen LogP contribution is 2.37. The number of thioether (sulfide) groups is 1. The molecule has 0 radical (unpaired) electrons. The van der Waals surface area contributed by atoms with Gasteiger partial charge in [-0.05, 0) is 30.7 Å². The standard InChI is InChI=1S/C20H17NO3S/c1-13-10-11-21(15-7-3-5-9-19(15)25-13)20(23)18-12-16(22)14-6-2-4-8-17(14)24-18/h2-9,12-13H,10-11H2,1H3. The number of amides is 1. The van der Waals surface area contributed by atoms with Crippen molar-refractivity contribution < 1.29 is 9.21 Å². The highest BCUT2D eigenvalue weighted by molar-refractivity contribution is 8.00. The monoisotopic (exact) mass is 351 g/mol. The Hall–Kier alpha value is -2.53. The van der Waals surface area contributed by atoms with Gasteiger partial charge in [0.05, 0.1) is 11.1 Å². The summed E-state index contributed by atoms with van der Waals surface area (Å²) in [7, 11) is 0. The SMILES string of the molecule is CC1CCN(C(=O)c2cc(=O)c3ccccc3o2)c2ccccc2S1. The van der Waals surface area contributed by atoms with E-state index in [0.717, 1.165) is 17.0 Å². The molecular weight excluding hydrogens is 334 g/mol. The van der Waals surface area contributed by atoms with Crippen LogP contribution in [0, 0.1) is 0 Å². The summed E-state index contributed by atoms with van der Waals surface area (Å²) in [5, 5.41) is 0.905. The number of fused-ring (bicyclic) bond motifs is 2. The second-order valence-corrected chi connectivity index (χ2v) is 7.59. The lowest BCUT2D eigenvalue weighted by atomic mass is 10.2. The third kappa shape index (κ3) is 2.96. The fourth-order valence-electron chi connectivity index (χ4n) is 3.04. The van der Waals surface area contributed by atoms with Gasteiger partial charge >= 0.3 is 0 Å². The zero-order valence-electron chi connectivity index (χ0n) is 13.8. The Balaban J connectivity index is 1.80. The van der Waals surface area contributed by atoms with Crippen LogP contribution < -0.4 is 10.3 Å². The van der Waals surface area contributed by atoms with Crippen molar-refractivity contribution in [1.82, 2.24) is 0 Å². The maximum atomic E-state index is 13.1. The van der Waals surface area contributed by atoms with E-state index < -0.39 is 0 Å². The van der Waals surface area contributed by atoms with Crippen LogP contribution in [0.2, 0.25) is 0 Å². The molecule has 2 heterocycles.